The number of hydrogen-bond donors (Lipinski definition) is 0. The average molecular weight is 304 g/mol. The number of carbonyl (C=O) groups excluding carboxylic acids is 1. The van der Waals surface area contributed by atoms with Gasteiger partial charge >= 0.3 is 0 Å². The van der Waals surface area contributed by atoms with Crippen molar-refractivity contribution in [2.24, 2.45) is 0 Å². The summed E-state index contributed by atoms with van der Waals surface area (Å²) in [5.41, 5.74) is 0.827. The Morgan fingerprint density at radius 2 is 2.18 bits per heavy atom. The third-order valence-corrected chi connectivity index (χ3v) is 4.51. The molecule has 0 spiro atoms. The van der Waals surface area contributed by atoms with Crippen LogP contribution in [0.15, 0.2) is 18.2 Å². The molecule has 1 saturated heterocycles. The molecule has 1 amide bonds. The van der Waals surface area contributed by atoms with Gasteiger partial charge in [0.05, 0.1) is 5.69 Å². The third kappa shape index (κ3) is 2.90. The molecule has 0 aliphatic carbocycles. The van der Waals surface area contributed by atoms with E-state index in [1.807, 2.05) is 23.1 Å². The molecule has 0 radical (unpaired) electrons. The standard InChI is InChI=1S/C17H24N2O3/c1-3-18-9-5-6-14(18)12-19(13(2)20)15-7-4-8-16-17(15)22-11-10-21-16/h4,7-8,14H,3,5-6,9-12H2,1-2H3. The molecule has 0 aromatic heterocycles. The Morgan fingerprint density at radius 1 is 1.36 bits per heavy atom. The Morgan fingerprint density at radius 3 is 2.95 bits per heavy atom. The second-order valence-electron chi connectivity index (χ2n) is 5.86. The van der Waals surface area contributed by atoms with Crippen LogP contribution in [0.4, 0.5) is 5.69 Å². The minimum absolute atomic E-state index is 0.0468. The van der Waals surface area contributed by atoms with E-state index in [1.54, 1.807) is 6.92 Å². The first kappa shape index (κ1) is 15.2. The lowest BCUT2D eigenvalue weighted by atomic mass is 10.1. The highest BCUT2D eigenvalue weighted by Crippen LogP contribution is 2.40. The van der Waals surface area contributed by atoms with Gasteiger partial charge in [-0.15, -0.1) is 0 Å². The molecular formula is C17H24N2O3. The molecule has 1 unspecified atom stereocenters. The van der Waals surface area contributed by atoms with Crippen molar-refractivity contribution in [3.05, 3.63) is 18.2 Å². The maximum atomic E-state index is 12.2. The summed E-state index contributed by atoms with van der Waals surface area (Å²) in [6.07, 6.45) is 2.35. The number of nitrogens with zero attached hydrogens (tertiary/aromatic N) is 2. The Labute approximate surface area is 131 Å². The predicted molar refractivity (Wildman–Crippen MR) is 85.7 cm³/mol. The molecule has 120 valence electrons. The molecule has 5 heteroatoms. The number of likely N-dealkylation sites (N-methyl/N-ethyl adjacent to an activating group) is 1. The highest BCUT2D eigenvalue weighted by Gasteiger charge is 2.29. The monoisotopic (exact) mass is 304 g/mol. The molecule has 22 heavy (non-hydrogen) atoms. The predicted octanol–water partition coefficient (Wildman–Crippen LogP) is 2.29. The van der Waals surface area contributed by atoms with E-state index in [0.29, 0.717) is 31.5 Å². The highest BCUT2D eigenvalue weighted by molar-refractivity contribution is 5.94. The maximum Gasteiger partial charge on any atom is 0.224 e. The molecule has 0 bridgehead atoms. The molecule has 1 fully saturated rings. The third-order valence-electron chi connectivity index (χ3n) is 4.51. The van der Waals surface area contributed by atoms with Gasteiger partial charge in [0.15, 0.2) is 11.5 Å². The summed E-state index contributed by atoms with van der Waals surface area (Å²) in [5, 5.41) is 0. The van der Waals surface area contributed by atoms with Crippen LogP contribution in [0, 0.1) is 0 Å². The molecule has 2 aliphatic heterocycles. The molecule has 1 aromatic carbocycles. The van der Waals surface area contributed by atoms with Gasteiger partial charge in [0.25, 0.3) is 0 Å². The molecule has 2 aliphatic rings. The van der Waals surface area contributed by atoms with Crippen LogP contribution >= 0.6 is 0 Å². The number of anilines is 1. The van der Waals surface area contributed by atoms with E-state index < -0.39 is 0 Å². The summed E-state index contributed by atoms with van der Waals surface area (Å²) in [4.78, 5) is 16.5. The van der Waals surface area contributed by atoms with E-state index in [9.17, 15) is 4.79 Å². The second-order valence-corrected chi connectivity index (χ2v) is 5.86. The lowest BCUT2D eigenvalue weighted by molar-refractivity contribution is -0.116. The normalized spacial score (nSPS) is 20.9. The molecule has 1 atom stereocenters. The first-order valence-corrected chi connectivity index (χ1v) is 8.11. The van der Waals surface area contributed by atoms with Gasteiger partial charge in [-0.25, -0.2) is 0 Å². The number of benzene rings is 1. The van der Waals surface area contributed by atoms with Crippen LogP contribution in [0.2, 0.25) is 0 Å². The largest absolute Gasteiger partial charge is 0.486 e. The van der Waals surface area contributed by atoms with Gasteiger partial charge in [0.1, 0.15) is 13.2 Å². The molecular weight excluding hydrogens is 280 g/mol. The second kappa shape index (κ2) is 6.57. The van der Waals surface area contributed by atoms with E-state index in [1.165, 1.54) is 6.42 Å². The summed E-state index contributed by atoms with van der Waals surface area (Å²) in [5.74, 6) is 1.48. The van der Waals surface area contributed by atoms with Crippen molar-refractivity contribution in [2.75, 3.05) is 37.7 Å². The van der Waals surface area contributed by atoms with E-state index in [-0.39, 0.29) is 5.91 Å². The van der Waals surface area contributed by atoms with Crippen molar-refractivity contribution in [3.63, 3.8) is 0 Å². The topological polar surface area (TPSA) is 42.0 Å². The number of amides is 1. The van der Waals surface area contributed by atoms with Crippen LogP contribution in [0.3, 0.4) is 0 Å². The Bertz CT molecular complexity index is 547. The van der Waals surface area contributed by atoms with E-state index in [4.69, 9.17) is 9.47 Å². The number of hydrogen-bond acceptors (Lipinski definition) is 4. The lowest BCUT2D eigenvalue weighted by Gasteiger charge is -2.32. The molecule has 5 nitrogen and oxygen atoms in total. The van der Waals surface area contributed by atoms with Crippen LogP contribution in [-0.4, -0.2) is 49.7 Å². The molecule has 0 N–H and O–H groups in total. The fraction of sp³-hybridized carbons (Fsp3) is 0.588. The lowest BCUT2D eigenvalue weighted by Crippen LogP contribution is -2.42. The zero-order valence-electron chi connectivity index (χ0n) is 13.4. The van der Waals surface area contributed by atoms with E-state index in [0.717, 1.165) is 30.9 Å². The number of ether oxygens (including phenoxy) is 2. The van der Waals surface area contributed by atoms with Gasteiger partial charge in [-0.05, 0) is 38.1 Å². The number of likely N-dealkylation sites (tertiary alicyclic amines) is 1. The number of fused-ring (bicyclic) bond motifs is 1. The Hall–Kier alpha value is -1.75. The number of carbonyl (C=O) groups is 1. The Balaban J connectivity index is 1.87. The van der Waals surface area contributed by atoms with Crippen molar-refractivity contribution < 1.29 is 14.3 Å². The highest BCUT2D eigenvalue weighted by atomic mass is 16.6. The van der Waals surface area contributed by atoms with Gasteiger partial charge in [-0.2, -0.15) is 0 Å². The van der Waals surface area contributed by atoms with Gasteiger partial charge in [-0.1, -0.05) is 13.0 Å². The van der Waals surface area contributed by atoms with Crippen LogP contribution in [-0.2, 0) is 4.79 Å². The van der Waals surface area contributed by atoms with Crippen LogP contribution < -0.4 is 14.4 Å². The first-order valence-electron chi connectivity index (χ1n) is 8.11. The molecule has 1 aromatic rings. The van der Waals surface area contributed by atoms with Crippen molar-refractivity contribution in [3.8, 4) is 11.5 Å². The molecule has 0 saturated carbocycles. The van der Waals surface area contributed by atoms with E-state index in [2.05, 4.69) is 11.8 Å². The number of rotatable bonds is 4. The molecule has 3 rings (SSSR count). The van der Waals surface area contributed by atoms with Gasteiger partial charge in [-0.3, -0.25) is 9.69 Å². The van der Waals surface area contributed by atoms with Crippen molar-refractivity contribution >= 4 is 11.6 Å². The molecule has 2 heterocycles. The SMILES string of the molecule is CCN1CCCC1CN(C(C)=O)c1cccc2c1OCCO2. The summed E-state index contributed by atoms with van der Waals surface area (Å²) < 4.78 is 11.4. The van der Waals surface area contributed by atoms with E-state index >= 15 is 0 Å². The maximum absolute atomic E-state index is 12.2. The van der Waals surface area contributed by atoms with Gasteiger partial charge in [0.2, 0.25) is 5.91 Å². The number of para-hydroxylation sites is 1. The quantitative estimate of drug-likeness (QED) is 0.856. The Kier molecular flexibility index (Phi) is 4.52. The van der Waals surface area contributed by atoms with Crippen LogP contribution in [0.25, 0.3) is 0 Å². The van der Waals surface area contributed by atoms with Crippen LogP contribution in [0.5, 0.6) is 11.5 Å². The average Bonchev–Trinajstić information content (AvgIpc) is 2.99. The zero-order chi connectivity index (χ0) is 15.5. The summed E-state index contributed by atoms with van der Waals surface area (Å²) in [6.45, 7) is 7.75. The zero-order valence-corrected chi connectivity index (χ0v) is 13.4. The van der Waals surface area contributed by atoms with Crippen molar-refractivity contribution in [1.82, 2.24) is 4.90 Å². The van der Waals surface area contributed by atoms with Gasteiger partial charge in [0, 0.05) is 19.5 Å². The van der Waals surface area contributed by atoms with Crippen molar-refractivity contribution in [1.29, 1.82) is 0 Å². The fourth-order valence-electron chi connectivity index (χ4n) is 3.40. The minimum atomic E-state index is 0.0468. The first-order chi connectivity index (χ1) is 10.7. The van der Waals surface area contributed by atoms with Crippen LogP contribution in [0.1, 0.15) is 26.7 Å². The van der Waals surface area contributed by atoms with Crippen molar-refractivity contribution in [2.45, 2.75) is 32.7 Å². The summed E-state index contributed by atoms with van der Waals surface area (Å²) in [6, 6.07) is 6.18. The van der Waals surface area contributed by atoms with Gasteiger partial charge < -0.3 is 14.4 Å². The fourth-order valence-corrected chi connectivity index (χ4v) is 3.40. The smallest absolute Gasteiger partial charge is 0.224 e. The minimum Gasteiger partial charge on any atom is -0.486 e. The summed E-state index contributed by atoms with van der Waals surface area (Å²) >= 11 is 0. The summed E-state index contributed by atoms with van der Waals surface area (Å²) in [7, 11) is 0.